The predicted octanol–water partition coefficient (Wildman–Crippen LogP) is 4.63. The Morgan fingerprint density at radius 2 is 1.78 bits per heavy atom. The topological polar surface area (TPSA) is 20.2 Å². The Kier molecular flexibility index (Phi) is 5.45. The van der Waals surface area contributed by atoms with E-state index in [0.29, 0.717) is 0 Å². The van der Waals surface area contributed by atoms with Crippen LogP contribution in [0.15, 0.2) is 40.4 Å². The van der Waals surface area contributed by atoms with Gasteiger partial charge in [0.2, 0.25) is 0 Å². The molecule has 1 aliphatic carbocycles. The first kappa shape index (κ1) is 13.8. The van der Waals surface area contributed by atoms with Crippen LogP contribution in [0.3, 0.4) is 0 Å². The van der Waals surface area contributed by atoms with Gasteiger partial charge in [-0.15, -0.1) is 0 Å². The molecule has 1 aromatic rings. The zero-order valence-corrected chi connectivity index (χ0v) is 12.3. The maximum Gasteiger partial charge on any atom is 0.0790 e. The molecule has 1 atom stereocenters. The van der Waals surface area contributed by atoms with Crippen molar-refractivity contribution in [2.75, 3.05) is 0 Å². The second kappa shape index (κ2) is 7.10. The number of hydrogen-bond acceptors (Lipinski definition) is 1. The van der Waals surface area contributed by atoms with Crippen molar-refractivity contribution in [1.82, 2.24) is 0 Å². The summed E-state index contributed by atoms with van der Waals surface area (Å²) in [5, 5.41) is 10.3. The number of benzene rings is 1. The van der Waals surface area contributed by atoms with Crippen molar-refractivity contribution in [2.24, 2.45) is 0 Å². The summed E-state index contributed by atoms with van der Waals surface area (Å²) in [6.07, 6.45) is 10.0. The van der Waals surface area contributed by atoms with Crippen molar-refractivity contribution >= 4 is 15.9 Å². The summed E-state index contributed by atoms with van der Waals surface area (Å²) < 4.78 is 1.09. The van der Waals surface area contributed by atoms with Gasteiger partial charge in [0, 0.05) is 10.9 Å². The van der Waals surface area contributed by atoms with Crippen molar-refractivity contribution in [3.63, 3.8) is 0 Å². The lowest BCUT2D eigenvalue weighted by Crippen LogP contribution is -2.14. The molecule has 98 valence electrons. The van der Waals surface area contributed by atoms with Gasteiger partial charge < -0.3 is 5.11 Å². The molecule has 0 bridgehead atoms. The molecule has 0 radical (unpaired) electrons. The first-order chi connectivity index (χ1) is 8.75. The lowest BCUT2D eigenvalue weighted by Gasteiger charge is -2.17. The van der Waals surface area contributed by atoms with Crippen LogP contribution in [0.2, 0.25) is 0 Å². The van der Waals surface area contributed by atoms with Crippen LogP contribution >= 0.6 is 15.9 Å². The van der Waals surface area contributed by atoms with Gasteiger partial charge in [0.05, 0.1) is 6.10 Å². The molecule has 1 N–H and O–H groups in total. The monoisotopic (exact) mass is 308 g/mol. The highest BCUT2D eigenvalue weighted by Gasteiger charge is 2.12. The first-order valence-corrected chi connectivity index (χ1v) is 7.66. The van der Waals surface area contributed by atoms with E-state index in [-0.39, 0.29) is 6.10 Å². The fourth-order valence-electron chi connectivity index (χ4n) is 2.49. The summed E-state index contributed by atoms with van der Waals surface area (Å²) in [6.45, 7) is 0. The minimum Gasteiger partial charge on any atom is -0.388 e. The molecule has 1 aliphatic rings. The minimum atomic E-state index is -0.302. The lowest BCUT2D eigenvalue weighted by atomic mass is 9.93. The molecule has 0 amide bonds. The highest BCUT2D eigenvalue weighted by molar-refractivity contribution is 9.10. The molecule has 0 heterocycles. The maximum atomic E-state index is 10.3. The van der Waals surface area contributed by atoms with Crippen molar-refractivity contribution in [1.29, 1.82) is 0 Å². The second-order valence-electron chi connectivity index (χ2n) is 5.08. The fraction of sp³-hybridized carbons (Fsp3) is 0.500. The van der Waals surface area contributed by atoms with Gasteiger partial charge in [0.25, 0.3) is 0 Å². The van der Waals surface area contributed by atoms with Gasteiger partial charge in [-0.3, -0.25) is 0 Å². The molecule has 2 heteroatoms. The Bertz CT molecular complexity index is 394. The van der Waals surface area contributed by atoms with Gasteiger partial charge in [0.15, 0.2) is 0 Å². The Labute approximate surface area is 118 Å². The smallest absolute Gasteiger partial charge is 0.0790 e. The van der Waals surface area contributed by atoms with Crippen LogP contribution in [0, 0.1) is 0 Å². The van der Waals surface area contributed by atoms with Crippen molar-refractivity contribution in [2.45, 2.75) is 51.0 Å². The van der Waals surface area contributed by atoms with Gasteiger partial charge in [-0.25, -0.2) is 0 Å². The standard InChI is InChI=1S/C16H21BrO/c17-15-10-8-13(9-11-15)12-16(18)14-6-4-2-1-3-5-7-14/h6,8-11,16,18H,1-5,7,12H2/b14-6+. The summed E-state index contributed by atoms with van der Waals surface area (Å²) in [6, 6.07) is 8.23. The van der Waals surface area contributed by atoms with Crippen LogP contribution in [0.5, 0.6) is 0 Å². The Balaban J connectivity index is 1.97. The third-order valence-electron chi connectivity index (χ3n) is 3.60. The number of allylic oxidation sites excluding steroid dienone is 1. The van der Waals surface area contributed by atoms with E-state index >= 15 is 0 Å². The Morgan fingerprint density at radius 3 is 2.56 bits per heavy atom. The second-order valence-corrected chi connectivity index (χ2v) is 5.99. The zero-order chi connectivity index (χ0) is 12.8. The highest BCUT2D eigenvalue weighted by Crippen LogP contribution is 2.22. The molecule has 1 unspecified atom stereocenters. The molecule has 0 saturated heterocycles. The molecule has 0 saturated carbocycles. The first-order valence-electron chi connectivity index (χ1n) is 6.87. The molecule has 1 nitrogen and oxygen atoms in total. The summed E-state index contributed by atoms with van der Waals surface area (Å²) in [5.41, 5.74) is 2.45. The van der Waals surface area contributed by atoms with Crippen molar-refractivity contribution in [3.05, 3.63) is 46.0 Å². The Hall–Kier alpha value is -0.600. The van der Waals surface area contributed by atoms with Gasteiger partial charge in [-0.1, -0.05) is 47.0 Å². The SMILES string of the molecule is OC(Cc1ccc(Br)cc1)/C1=C/CCCCCC1. The zero-order valence-electron chi connectivity index (χ0n) is 10.7. The lowest BCUT2D eigenvalue weighted by molar-refractivity contribution is 0.205. The largest absolute Gasteiger partial charge is 0.388 e. The third kappa shape index (κ3) is 4.25. The Morgan fingerprint density at radius 1 is 1.06 bits per heavy atom. The molecular formula is C16H21BrO. The average molecular weight is 309 g/mol. The minimum absolute atomic E-state index is 0.302. The molecule has 0 spiro atoms. The fourth-order valence-corrected chi connectivity index (χ4v) is 2.76. The molecule has 2 rings (SSSR count). The number of hydrogen-bond donors (Lipinski definition) is 1. The van der Waals surface area contributed by atoms with Gasteiger partial charge in [0.1, 0.15) is 0 Å². The number of aliphatic hydroxyl groups is 1. The summed E-state index contributed by atoms with van der Waals surface area (Å²) in [5.74, 6) is 0. The van der Waals surface area contributed by atoms with Crippen LogP contribution in [0.1, 0.15) is 44.1 Å². The average Bonchev–Trinajstić information content (AvgIpc) is 2.31. The number of halogens is 1. The van der Waals surface area contributed by atoms with E-state index in [9.17, 15) is 5.11 Å². The molecule has 18 heavy (non-hydrogen) atoms. The van der Waals surface area contributed by atoms with Gasteiger partial charge in [-0.2, -0.15) is 0 Å². The van der Waals surface area contributed by atoms with Crippen LogP contribution in [0.4, 0.5) is 0 Å². The van der Waals surface area contributed by atoms with Crippen LogP contribution in [-0.4, -0.2) is 11.2 Å². The maximum absolute atomic E-state index is 10.3. The molecular weight excluding hydrogens is 288 g/mol. The molecule has 0 aliphatic heterocycles. The number of rotatable bonds is 3. The normalized spacial score (nSPS) is 21.6. The molecule has 0 fully saturated rings. The van der Waals surface area contributed by atoms with Gasteiger partial charge >= 0.3 is 0 Å². The third-order valence-corrected chi connectivity index (χ3v) is 4.13. The summed E-state index contributed by atoms with van der Waals surface area (Å²) in [7, 11) is 0. The van der Waals surface area contributed by atoms with Crippen LogP contribution in [0.25, 0.3) is 0 Å². The summed E-state index contributed by atoms with van der Waals surface area (Å²) in [4.78, 5) is 0. The van der Waals surface area contributed by atoms with Crippen molar-refractivity contribution < 1.29 is 5.11 Å². The van der Waals surface area contributed by atoms with E-state index < -0.39 is 0 Å². The van der Waals surface area contributed by atoms with Crippen LogP contribution < -0.4 is 0 Å². The predicted molar refractivity (Wildman–Crippen MR) is 79.6 cm³/mol. The summed E-state index contributed by atoms with van der Waals surface area (Å²) >= 11 is 3.43. The van der Waals surface area contributed by atoms with E-state index in [2.05, 4.69) is 34.1 Å². The molecule has 1 aromatic carbocycles. The molecule has 0 aromatic heterocycles. The van der Waals surface area contributed by atoms with Gasteiger partial charge in [-0.05, 0) is 49.0 Å². The van der Waals surface area contributed by atoms with E-state index in [0.717, 1.165) is 23.7 Å². The highest BCUT2D eigenvalue weighted by atomic mass is 79.9. The van der Waals surface area contributed by atoms with E-state index in [1.165, 1.54) is 36.8 Å². The van der Waals surface area contributed by atoms with Crippen molar-refractivity contribution in [3.8, 4) is 0 Å². The van der Waals surface area contributed by atoms with E-state index in [1.54, 1.807) is 0 Å². The quantitative estimate of drug-likeness (QED) is 0.807. The van der Waals surface area contributed by atoms with E-state index in [1.807, 2.05) is 12.1 Å². The number of aliphatic hydroxyl groups excluding tert-OH is 1. The van der Waals surface area contributed by atoms with E-state index in [4.69, 9.17) is 0 Å². The van der Waals surface area contributed by atoms with Crippen LogP contribution in [-0.2, 0) is 6.42 Å².